The molecule has 3 rings (SSSR count). The lowest BCUT2D eigenvalue weighted by atomic mass is 9.89. The van der Waals surface area contributed by atoms with Gasteiger partial charge in [-0.05, 0) is 29.7 Å². The molecule has 0 unspecified atom stereocenters. The predicted molar refractivity (Wildman–Crippen MR) is 66.1 cm³/mol. The first-order valence-corrected chi connectivity index (χ1v) is 5.87. The molecular weight excluding hydrogens is 219 g/mol. The van der Waals surface area contributed by atoms with Crippen molar-refractivity contribution in [2.45, 2.75) is 9.79 Å². The molecule has 78 valence electrons. The second-order valence-electron chi connectivity index (χ2n) is 3.59. The van der Waals surface area contributed by atoms with Crippen molar-refractivity contribution in [2.24, 2.45) is 0 Å². The van der Waals surface area contributed by atoms with E-state index >= 15 is 0 Å². The Morgan fingerprint density at radius 3 is 2.69 bits per heavy atom. The average molecular weight is 228 g/mol. The van der Waals surface area contributed by atoms with Crippen molar-refractivity contribution >= 4 is 24.7 Å². The summed E-state index contributed by atoms with van der Waals surface area (Å²) in [5.74, 6) is 1.71. The molecule has 2 aromatic carbocycles. The van der Waals surface area contributed by atoms with Crippen molar-refractivity contribution in [1.82, 2.24) is 0 Å². The van der Waals surface area contributed by atoms with Crippen molar-refractivity contribution < 1.29 is 9.76 Å². The topological polar surface area (TPSA) is 29.5 Å². The lowest BCUT2D eigenvalue weighted by Crippen LogP contribution is -2.13. The molecule has 1 aliphatic heterocycles. The third-order valence-electron chi connectivity index (χ3n) is 2.48. The minimum absolute atomic E-state index is 0.0446. The Morgan fingerprint density at radius 2 is 1.81 bits per heavy atom. The molecule has 4 heteroatoms. The highest BCUT2D eigenvalue weighted by Gasteiger charge is 2.17. The van der Waals surface area contributed by atoms with Crippen LogP contribution in [0.15, 0.2) is 52.3 Å². The van der Waals surface area contributed by atoms with Crippen molar-refractivity contribution in [1.29, 1.82) is 0 Å². The molecule has 0 aliphatic carbocycles. The normalized spacial score (nSPS) is 12.3. The van der Waals surface area contributed by atoms with E-state index in [9.17, 15) is 0 Å². The molecule has 16 heavy (non-hydrogen) atoms. The first kappa shape index (κ1) is 9.81. The van der Waals surface area contributed by atoms with Gasteiger partial charge in [0, 0.05) is 0 Å². The van der Waals surface area contributed by atoms with Crippen LogP contribution in [0.3, 0.4) is 0 Å². The number of para-hydroxylation sites is 1. The third-order valence-corrected chi connectivity index (χ3v) is 3.59. The van der Waals surface area contributed by atoms with Gasteiger partial charge in [-0.15, -0.1) is 0 Å². The van der Waals surface area contributed by atoms with Crippen LogP contribution in [0.5, 0.6) is 11.5 Å². The summed E-state index contributed by atoms with van der Waals surface area (Å²) in [5.41, 5.74) is 0.874. The second-order valence-corrected chi connectivity index (χ2v) is 4.67. The molecule has 0 atom stereocenters. The fourth-order valence-electron chi connectivity index (χ4n) is 1.67. The molecule has 0 amide bonds. The molecule has 0 bridgehead atoms. The van der Waals surface area contributed by atoms with Gasteiger partial charge < -0.3 is 9.76 Å². The zero-order valence-electron chi connectivity index (χ0n) is 8.51. The Balaban J connectivity index is 2.05. The van der Waals surface area contributed by atoms with Crippen LogP contribution in [-0.2, 0) is 0 Å². The van der Waals surface area contributed by atoms with E-state index < -0.39 is 0 Å². The molecule has 1 N–H and O–H groups in total. The molecular formula is C12H9BO2S. The summed E-state index contributed by atoms with van der Waals surface area (Å²) in [5, 5.41) is 9.07. The highest BCUT2D eigenvalue weighted by Crippen LogP contribution is 2.46. The predicted octanol–water partition coefficient (Wildman–Crippen LogP) is 1.91. The zero-order valence-corrected chi connectivity index (χ0v) is 9.33. The van der Waals surface area contributed by atoms with Gasteiger partial charge in [0.15, 0.2) is 0 Å². The van der Waals surface area contributed by atoms with Gasteiger partial charge in [0.25, 0.3) is 0 Å². The summed E-state index contributed by atoms with van der Waals surface area (Å²) < 4.78 is 5.79. The SMILES string of the molecule is OBc1ccc2c(c1)Oc1ccccc1S2. The largest absolute Gasteiger partial charge is 0.455 e. The van der Waals surface area contributed by atoms with Gasteiger partial charge in [-0.25, -0.2) is 0 Å². The van der Waals surface area contributed by atoms with Crippen LogP contribution in [0, 0.1) is 0 Å². The van der Waals surface area contributed by atoms with Gasteiger partial charge in [0.1, 0.15) is 11.5 Å². The fraction of sp³-hybridized carbons (Fsp3) is 0. The summed E-state index contributed by atoms with van der Waals surface area (Å²) in [6, 6.07) is 13.8. The summed E-state index contributed by atoms with van der Waals surface area (Å²) in [6.45, 7) is 0. The summed E-state index contributed by atoms with van der Waals surface area (Å²) in [7, 11) is 0.0446. The lowest BCUT2D eigenvalue weighted by Gasteiger charge is -2.19. The van der Waals surface area contributed by atoms with E-state index in [1.54, 1.807) is 11.8 Å². The van der Waals surface area contributed by atoms with Gasteiger partial charge in [-0.3, -0.25) is 0 Å². The Labute approximate surface area is 98.5 Å². The number of hydrogen-bond donors (Lipinski definition) is 1. The van der Waals surface area contributed by atoms with Crippen LogP contribution >= 0.6 is 11.8 Å². The highest BCUT2D eigenvalue weighted by atomic mass is 32.2. The molecule has 0 aromatic heterocycles. The van der Waals surface area contributed by atoms with Gasteiger partial charge in [-0.1, -0.05) is 30.0 Å². The van der Waals surface area contributed by atoms with Gasteiger partial charge >= 0.3 is 7.48 Å². The molecule has 0 saturated heterocycles. The minimum Gasteiger partial charge on any atom is -0.455 e. The van der Waals surface area contributed by atoms with Crippen LogP contribution < -0.4 is 10.2 Å². The quantitative estimate of drug-likeness (QED) is 0.645. The Bertz CT molecular complexity index is 542. The number of rotatable bonds is 1. The Hall–Kier alpha value is -1.39. The number of ether oxygens (including phenoxy) is 1. The summed E-state index contributed by atoms with van der Waals surface area (Å²) in [6.07, 6.45) is 0. The maximum Gasteiger partial charge on any atom is 0.304 e. The smallest absolute Gasteiger partial charge is 0.304 e. The molecule has 2 aromatic rings. The number of hydrogen-bond acceptors (Lipinski definition) is 3. The molecule has 2 nitrogen and oxygen atoms in total. The highest BCUT2D eigenvalue weighted by molar-refractivity contribution is 7.99. The van der Waals surface area contributed by atoms with Gasteiger partial charge in [0.05, 0.1) is 9.79 Å². The van der Waals surface area contributed by atoms with E-state index in [0.29, 0.717) is 0 Å². The van der Waals surface area contributed by atoms with E-state index in [2.05, 4.69) is 0 Å². The van der Waals surface area contributed by atoms with Crippen molar-refractivity contribution in [3.8, 4) is 11.5 Å². The number of fused-ring (bicyclic) bond motifs is 2. The molecule has 0 fully saturated rings. The van der Waals surface area contributed by atoms with Crippen molar-refractivity contribution in [2.75, 3.05) is 0 Å². The van der Waals surface area contributed by atoms with Gasteiger partial charge in [-0.2, -0.15) is 0 Å². The van der Waals surface area contributed by atoms with Crippen molar-refractivity contribution in [3.63, 3.8) is 0 Å². The van der Waals surface area contributed by atoms with E-state index in [1.165, 1.54) is 0 Å². The van der Waals surface area contributed by atoms with E-state index in [1.807, 2.05) is 42.5 Å². The molecule has 1 aliphatic rings. The molecule has 1 heterocycles. The van der Waals surface area contributed by atoms with E-state index in [-0.39, 0.29) is 7.48 Å². The van der Waals surface area contributed by atoms with Gasteiger partial charge in [0.2, 0.25) is 0 Å². The number of benzene rings is 2. The molecule has 0 spiro atoms. The van der Waals surface area contributed by atoms with Crippen molar-refractivity contribution in [3.05, 3.63) is 42.5 Å². The van der Waals surface area contributed by atoms with Crippen LogP contribution in [-0.4, -0.2) is 12.5 Å². The summed E-state index contributed by atoms with van der Waals surface area (Å²) in [4.78, 5) is 2.22. The lowest BCUT2D eigenvalue weighted by molar-refractivity contribution is 0.455. The maximum atomic E-state index is 9.07. The van der Waals surface area contributed by atoms with E-state index in [4.69, 9.17) is 9.76 Å². The monoisotopic (exact) mass is 228 g/mol. The Morgan fingerprint density at radius 1 is 1.00 bits per heavy atom. The second kappa shape index (κ2) is 3.89. The third kappa shape index (κ3) is 1.60. The average Bonchev–Trinajstić information content (AvgIpc) is 2.35. The summed E-state index contributed by atoms with van der Waals surface area (Å²) >= 11 is 1.70. The first-order chi connectivity index (χ1) is 7.86. The standard InChI is InChI=1S/C12H9BO2S/c14-13-8-5-6-12-10(7-8)15-9-3-1-2-4-11(9)16-12/h1-7,13-14H. The van der Waals surface area contributed by atoms with Crippen LogP contribution in [0.1, 0.15) is 0 Å². The van der Waals surface area contributed by atoms with Crippen LogP contribution in [0.4, 0.5) is 0 Å². The Kier molecular flexibility index (Phi) is 2.38. The van der Waals surface area contributed by atoms with E-state index in [0.717, 1.165) is 26.8 Å². The van der Waals surface area contributed by atoms with Crippen LogP contribution in [0.2, 0.25) is 0 Å². The molecule has 0 radical (unpaired) electrons. The zero-order chi connectivity index (χ0) is 11.0. The fourth-order valence-corrected chi connectivity index (χ4v) is 2.60. The molecule has 0 saturated carbocycles. The maximum absolute atomic E-state index is 9.07. The first-order valence-electron chi connectivity index (χ1n) is 5.05. The minimum atomic E-state index is 0.0446. The van der Waals surface area contributed by atoms with Crippen LogP contribution in [0.25, 0.3) is 0 Å².